The number of para-hydroxylation sites is 1. The van der Waals surface area contributed by atoms with E-state index in [1.165, 1.54) is 4.90 Å². The number of carbonyl (C=O) groups is 2. The summed E-state index contributed by atoms with van der Waals surface area (Å²) in [6.07, 6.45) is 0. The summed E-state index contributed by atoms with van der Waals surface area (Å²) in [6.45, 7) is 12.2. The minimum Gasteiger partial charge on any atom is -0.383 e. The minimum absolute atomic E-state index is 0.0853. The van der Waals surface area contributed by atoms with Gasteiger partial charge in [0.15, 0.2) is 0 Å². The number of nitrogens with zero attached hydrogens (tertiary/aromatic N) is 3. The van der Waals surface area contributed by atoms with Crippen LogP contribution in [-0.4, -0.2) is 53.3 Å². The van der Waals surface area contributed by atoms with Gasteiger partial charge in [-0.3, -0.25) is 9.59 Å². The minimum atomic E-state index is -0.604. The van der Waals surface area contributed by atoms with Gasteiger partial charge in [-0.1, -0.05) is 65.3 Å². The molecular weight excluding hydrogens is 416 g/mol. The van der Waals surface area contributed by atoms with Gasteiger partial charge in [-0.05, 0) is 12.1 Å². The first-order valence-corrected chi connectivity index (χ1v) is 10.7. The molecule has 1 heterocycles. The first-order chi connectivity index (χ1) is 14.3. The molecule has 0 atom stereocenters. The zero-order valence-corrected chi connectivity index (χ0v) is 20.2. The molecule has 0 aliphatic rings. The van der Waals surface area contributed by atoms with Crippen molar-refractivity contribution in [3.8, 4) is 5.69 Å². The molecule has 0 bridgehead atoms. The molecule has 1 aromatic carbocycles. The van der Waals surface area contributed by atoms with E-state index in [1.54, 1.807) is 17.9 Å². The lowest BCUT2D eigenvalue weighted by Crippen LogP contribution is -2.45. The van der Waals surface area contributed by atoms with E-state index in [9.17, 15) is 9.59 Å². The van der Waals surface area contributed by atoms with Gasteiger partial charge in [-0.25, -0.2) is 4.68 Å². The lowest BCUT2D eigenvalue weighted by Gasteiger charge is -2.28. The Balaban J connectivity index is 2.33. The van der Waals surface area contributed by atoms with Crippen molar-refractivity contribution < 1.29 is 14.3 Å². The number of benzene rings is 1. The van der Waals surface area contributed by atoms with Crippen LogP contribution in [0, 0.1) is 5.41 Å². The average molecular weight is 449 g/mol. The highest BCUT2D eigenvalue weighted by molar-refractivity contribution is 6.32. The van der Waals surface area contributed by atoms with Crippen molar-refractivity contribution >= 4 is 29.2 Å². The molecular formula is C23H33ClN4O3. The molecule has 0 aliphatic heterocycles. The summed E-state index contributed by atoms with van der Waals surface area (Å²) in [6, 6.07) is 9.15. The number of methoxy groups -OCH3 is 1. The van der Waals surface area contributed by atoms with E-state index in [-0.39, 0.29) is 23.8 Å². The van der Waals surface area contributed by atoms with Gasteiger partial charge in [0.05, 0.1) is 23.0 Å². The second-order valence-corrected chi connectivity index (χ2v) is 9.95. The maximum Gasteiger partial charge on any atom is 0.245 e. The molecule has 170 valence electrons. The summed E-state index contributed by atoms with van der Waals surface area (Å²) in [5.74, 6) is 0.0648. The van der Waals surface area contributed by atoms with Gasteiger partial charge in [0.25, 0.3) is 0 Å². The van der Waals surface area contributed by atoms with Gasteiger partial charge in [0, 0.05) is 30.6 Å². The first-order valence-electron chi connectivity index (χ1n) is 10.3. The molecule has 0 fully saturated rings. The molecule has 2 aromatic rings. The molecule has 2 rings (SSSR count). The lowest BCUT2D eigenvalue weighted by atomic mass is 9.92. The van der Waals surface area contributed by atoms with Crippen LogP contribution < -0.4 is 5.32 Å². The van der Waals surface area contributed by atoms with Gasteiger partial charge in [-0.2, -0.15) is 5.10 Å². The van der Waals surface area contributed by atoms with Crippen molar-refractivity contribution in [2.75, 3.05) is 32.1 Å². The second kappa shape index (κ2) is 9.83. The fraction of sp³-hybridized carbons (Fsp3) is 0.522. The third-order valence-electron chi connectivity index (χ3n) is 4.65. The van der Waals surface area contributed by atoms with Crippen LogP contribution in [0.5, 0.6) is 0 Å². The van der Waals surface area contributed by atoms with Crippen LogP contribution in [0.15, 0.2) is 30.3 Å². The number of anilines is 1. The van der Waals surface area contributed by atoms with E-state index in [2.05, 4.69) is 10.4 Å². The molecule has 2 amide bonds. The standard InChI is InChI=1S/C23H33ClN4O3/c1-22(2,3)18-14-19(28(26-18)17-11-9-8-10-16(17)24)25-20(29)15-27(12-13-31-7)21(30)23(4,5)6/h8-11,14H,12-13,15H2,1-7H3,(H,25,29). The first kappa shape index (κ1) is 24.9. The summed E-state index contributed by atoms with van der Waals surface area (Å²) in [4.78, 5) is 27.2. The molecule has 0 aliphatic carbocycles. The van der Waals surface area contributed by atoms with Crippen LogP contribution in [0.3, 0.4) is 0 Å². The summed E-state index contributed by atoms with van der Waals surface area (Å²) in [5.41, 5.74) is 0.646. The highest BCUT2D eigenvalue weighted by Gasteiger charge is 2.29. The number of carbonyl (C=O) groups excluding carboxylic acids is 2. The highest BCUT2D eigenvalue weighted by Crippen LogP contribution is 2.29. The Labute approximate surface area is 189 Å². The Morgan fingerprint density at radius 2 is 1.81 bits per heavy atom. The Hall–Kier alpha value is -2.38. The molecule has 0 saturated carbocycles. The normalized spacial score (nSPS) is 12.0. The predicted molar refractivity (Wildman–Crippen MR) is 124 cm³/mol. The van der Waals surface area contributed by atoms with Crippen molar-refractivity contribution in [1.29, 1.82) is 0 Å². The molecule has 1 aromatic heterocycles. The van der Waals surface area contributed by atoms with Crippen LogP contribution in [0.25, 0.3) is 5.69 Å². The van der Waals surface area contributed by atoms with Crippen molar-refractivity contribution in [2.45, 2.75) is 47.0 Å². The molecule has 0 unspecified atom stereocenters. The van der Waals surface area contributed by atoms with Crippen molar-refractivity contribution in [3.63, 3.8) is 0 Å². The largest absolute Gasteiger partial charge is 0.383 e. The Kier molecular flexibility index (Phi) is 7.89. The van der Waals surface area contributed by atoms with Gasteiger partial charge in [0.2, 0.25) is 11.8 Å². The van der Waals surface area contributed by atoms with Crippen LogP contribution in [0.1, 0.15) is 47.2 Å². The van der Waals surface area contributed by atoms with E-state index < -0.39 is 5.41 Å². The molecule has 8 heteroatoms. The zero-order chi connectivity index (χ0) is 23.4. The number of amides is 2. The third kappa shape index (κ3) is 6.55. The number of hydrogen-bond donors (Lipinski definition) is 1. The predicted octanol–water partition coefficient (Wildman–Crippen LogP) is 4.28. The number of aromatic nitrogens is 2. The summed E-state index contributed by atoms with van der Waals surface area (Å²) in [5, 5.41) is 8.12. The van der Waals surface area contributed by atoms with Crippen molar-refractivity contribution in [3.05, 3.63) is 41.0 Å². The quantitative estimate of drug-likeness (QED) is 0.685. The van der Waals surface area contributed by atoms with Crippen molar-refractivity contribution in [1.82, 2.24) is 14.7 Å². The number of nitrogens with one attached hydrogen (secondary N) is 1. The van der Waals surface area contributed by atoms with Gasteiger partial charge in [0.1, 0.15) is 12.4 Å². The number of rotatable bonds is 7. The molecule has 1 N–H and O–H groups in total. The molecule has 0 radical (unpaired) electrons. The van der Waals surface area contributed by atoms with E-state index in [0.29, 0.717) is 29.7 Å². The summed E-state index contributed by atoms with van der Waals surface area (Å²) in [7, 11) is 1.57. The second-order valence-electron chi connectivity index (χ2n) is 9.55. The van der Waals surface area contributed by atoms with E-state index in [4.69, 9.17) is 16.3 Å². The van der Waals surface area contributed by atoms with Crippen molar-refractivity contribution in [2.24, 2.45) is 5.41 Å². The number of halogens is 1. The number of hydrogen-bond acceptors (Lipinski definition) is 4. The third-order valence-corrected chi connectivity index (χ3v) is 4.97. The van der Waals surface area contributed by atoms with Gasteiger partial charge >= 0.3 is 0 Å². The highest BCUT2D eigenvalue weighted by atomic mass is 35.5. The summed E-state index contributed by atoms with van der Waals surface area (Å²) < 4.78 is 6.74. The maximum absolute atomic E-state index is 12.9. The van der Waals surface area contributed by atoms with Crippen LogP contribution in [0.2, 0.25) is 5.02 Å². The SMILES string of the molecule is COCCN(CC(=O)Nc1cc(C(C)(C)C)nn1-c1ccccc1Cl)C(=O)C(C)(C)C. The summed E-state index contributed by atoms with van der Waals surface area (Å²) >= 11 is 6.38. The maximum atomic E-state index is 12.9. The van der Waals surface area contributed by atoms with Crippen LogP contribution in [0.4, 0.5) is 5.82 Å². The Morgan fingerprint density at radius 3 is 2.35 bits per heavy atom. The Bertz CT molecular complexity index is 926. The smallest absolute Gasteiger partial charge is 0.245 e. The monoisotopic (exact) mass is 448 g/mol. The van der Waals surface area contributed by atoms with E-state index in [1.807, 2.05) is 65.8 Å². The zero-order valence-electron chi connectivity index (χ0n) is 19.5. The van der Waals surface area contributed by atoms with Gasteiger partial charge < -0.3 is 15.0 Å². The molecule has 7 nitrogen and oxygen atoms in total. The molecule has 31 heavy (non-hydrogen) atoms. The Morgan fingerprint density at radius 1 is 1.16 bits per heavy atom. The topological polar surface area (TPSA) is 76.5 Å². The fourth-order valence-electron chi connectivity index (χ4n) is 2.93. The molecule has 0 saturated heterocycles. The van der Waals surface area contributed by atoms with Crippen LogP contribution in [-0.2, 0) is 19.7 Å². The van der Waals surface area contributed by atoms with Crippen LogP contribution >= 0.6 is 11.6 Å². The fourth-order valence-corrected chi connectivity index (χ4v) is 3.14. The lowest BCUT2D eigenvalue weighted by molar-refractivity contribution is -0.142. The average Bonchev–Trinajstić information content (AvgIpc) is 3.08. The van der Waals surface area contributed by atoms with E-state index in [0.717, 1.165) is 5.69 Å². The number of ether oxygens (including phenoxy) is 1. The van der Waals surface area contributed by atoms with E-state index >= 15 is 0 Å². The molecule has 0 spiro atoms. The van der Waals surface area contributed by atoms with Gasteiger partial charge in [-0.15, -0.1) is 0 Å².